The standard InChI is InChI=1S/C7H8O/c1-3-4-5-6-7(2)8/h3-4H,1-2H3/b4-3-. The highest BCUT2D eigenvalue weighted by Crippen LogP contribution is 1.65. The summed E-state index contributed by atoms with van der Waals surface area (Å²) in [6.45, 7) is 3.30. The minimum Gasteiger partial charge on any atom is -0.285 e. The highest BCUT2D eigenvalue weighted by molar-refractivity contribution is 5.93. The van der Waals surface area contributed by atoms with Crippen LogP contribution in [0.25, 0.3) is 0 Å². The van der Waals surface area contributed by atoms with Crippen molar-refractivity contribution in [2.24, 2.45) is 0 Å². The first-order valence-corrected chi connectivity index (χ1v) is 2.40. The molecule has 0 bridgehead atoms. The molecule has 0 aliphatic carbocycles. The maximum Gasteiger partial charge on any atom is 0.202 e. The number of rotatable bonds is 0. The minimum atomic E-state index is -0.0944. The van der Waals surface area contributed by atoms with Crippen molar-refractivity contribution in [1.82, 2.24) is 0 Å². The first-order chi connectivity index (χ1) is 3.77. The van der Waals surface area contributed by atoms with E-state index in [0.29, 0.717) is 0 Å². The Morgan fingerprint density at radius 3 is 2.62 bits per heavy atom. The van der Waals surface area contributed by atoms with Crippen LogP contribution in [0.5, 0.6) is 0 Å². The lowest BCUT2D eigenvalue weighted by molar-refractivity contribution is -0.111. The number of ketones is 1. The van der Waals surface area contributed by atoms with Crippen LogP contribution in [0, 0.1) is 11.8 Å². The highest BCUT2D eigenvalue weighted by Gasteiger charge is 1.73. The Bertz CT molecular complexity index is 155. The van der Waals surface area contributed by atoms with Crippen molar-refractivity contribution in [3.63, 3.8) is 0 Å². The Kier molecular flexibility index (Phi) is 3.60. The summed E-state index contributed by atoms with van der Waals surface area (Å²) in [6, 6.07) is 0. The predicted octanol–water partition coefficient (Wildman–Crippen LogP) is 1.15. The van der Waals surface area contributed by atoms with Crippen molar-refractivity contribution in [3.8, 4) is 11.8 Å². The second-order valence-corrected chi connectivity index (χ2v) is 1.33. The molecular weight excluding hydrogens is 100 g/mol. The molecule has 0 saturated heterocycles. The zero-order valence-corrected chi connectivity index (χ0v) is 5.06. The van der Waals surface area contributed by atoms with Gasteiger partial charge in [0.15, 0.2) is 0 Å². The molecule has 0 fully saturated rings. The van der Waals surface area contributed by atoms with Gasteiger partial charge in [-0.3, -0.25) is 4.79 Å². The molecule has 1 heteroatoms. The van der Waals surface area contributed by atoms with E-state index < -0.39 is 0 Å². The highest BCUT2D eigenvalue weighted by atomic mass is 16.1. The van der Waals surface area contributed by atoms with E-state index in [2.05, 4.69) is 11.8 Å². The summed E-state index contributed by atoms with van der Waals surface area (Å²) < 4.78 is 0. The van der Waals surface area contributed by atoms with Crippen molar-refractivity contribution >= 4 is 5.78 Å². The molecule has 0 spiro atoms. The smallest absolute Gasteiger partial charge is 0.202 e. The topological polar surface area (TPSA) is 17.1 Å². The summed E-state index contributed by atoms with van der Waals surface area (Å²) in [7, 11) is 0. The van der Waals surface area contributed by atoms with Crippen LogP contribution < -0.4 is 0 Å². The summed E-state index contributed by atoms with van der Waals surface area (Å²) in [4.78, 5) is 10.1. The number of carbonyl (C=O) groups is 1. The van der Waals surface area contributed by atoms with Crippen LogP contribution >= 0.6 is 0 Å². The Balaban J connectivity index is 3.68. The van der Waals surface area contributed by atoms with Crippen molar-refractivity contribution in [2.45, 2.75) is 13.8 Å². The quantitative estimate of drug-likeness (QED) is 0.336. The molecule has 8 heavy (non-hydrogen) atoms. The molecule has 0 aromatic heterocycles. The lowest BCUT2D eigenvalue weighted by atomic mass is 10.4. The van der Waals surface area contributed by atoms with Crippen LogP contribution in [0.1, 0.15) is 13.8 Å². The van der Waals surface area contributed by atoms with Gasteiger partial charge in [0.25, 0.3) is 0 Å². The maximum atomic E-state index is 10.1. The molecule has 0 saturated carbocycles. The molecule has 0 aromatic carbocycles. The first-order valence-electron chi connectivity index (χ1n) is 2.40. The van der Waals surface area contributed by atoms with E-state index in [1.54, 1.807) is 12.2 Å². The van der Waals surface area contributed by atoms with Gasteiger partial charge >= 0.3 is 0 Å². The zero-order chi connectivity index (χ0) is 6.41. The number of hydrogen-bond donors (Lipinski definition) is 0. The number of allylic oxidation sites excluding steroid dienone is 2. The number of Topliss-reactive ketones (excluding diaryl/α,β-unsaturated/α-hetero) is 1. The molecule has 1 nitrogen and oxygen atoms in total. The van der Waals surface area contributed by atoms with E-state index in [1.165, 1.54) is 6.92 Å². The Labute approximate surface area is 49.4 Å². The normalized spacial score (nSPS) is 8.25. The lowest BCUT2D eigenvalue weighted by Gasteiger charge is -1.65. The van der Waals surface area contributed by atoms with Crippen LogP contribution in [0.2, 0.25) is 0 Å². The lowest BCUT2D eigenvalue weighted by Crippen LogP contribution is -1.78. The van der Waals surface area contributed by atoms with Gasteiger partial charge in [0.05, 0.1) is 0 Å². The van der Waals surface area contributed by atoms with Gasteiger partial charge in [-0.2, -0.15) is 0 Å². The van der Waals surface area contributed by atoms with E-state index in [9.17, 15) is 4.79 Å². The van der Waals surface area contributed by atoms with Gasteiger partial charge < -0.3 is 0 Å². The molecular formula is C7H8O. The molecule has 0 atom stereocenters. The molecule has 0 aliphatic rings. The molecule has 0 aliphatic heterocycles. The van der Waals surface area contributed by atoms with E-state index >= 15 is 0 Å². The van der Waals surface area contributed by atoms with E-state index in [1.807, 2.05) is 6.92 Å². The van der Waals surface area contributed by atoms with Crippen LogP contribution in [-0.2, 0) is 4.79 Å². The fraction of sp³-hybridized carbons (Fsp3) is 0.286. The third kappa shape index (κ3) is 4.97. The van der Waals surface area contributed by atoms with Crippen LogP contribution in [0.15, 0.2) is 12.2 Å². The largest absolute Gasteiger partial charge is 0.285 e. The minimum absolute atomic E-state index is 0.0944. The van der Waals surface area contributed by atoms with Crippen LogP contribution in [0.3, 0.4) is 0 Å². The van der Waals surface area contributed by atoms with Gasteiger partial charge in [-0.15, -0.1) is 0 Å². The van der Waals surface area contributed by atoms with Gasteiger partial charge in [0.1, 0.15) is 0 Å². The second kappa shape index (κ2) is 4.14. The van der Waals surface area contributed by atoms with Gasteiger partial charge in [-0.25, -0.2) is 0 Å². The summed E-state index contributed by atoms with van der Waals surface area (Å²) in [5.41, 5.74) is 0. The van der Waals surface area contributed by atoms with E-state index in [4.69, 9.17) is 0 Å². The Hall–Kier alpha value is -1.03. The monoisotopic (exact) mass is 108 g/mol. The summed E-state index contributed by atoms with van der Waals surface area (Å²) in [5, 5.41) is 0. The molecule has 0 heterocycles. The van der Waals surface area contributed by atoms with E-state index in [0.717, 1.165) is 0 Å². The molecule has 0 rings (SSSR count). The molecule has 0 radical (unpaired) electrons. The van der Waals surface area contributed by atoms with Crippen molar-refractivity contribution in [3.05, 3.63) is 12.2 Å². The van der Waals surface area contributed by atoms with Crippen molar-refractivity contribution in [2.75, 3.05) is 0 Å². The van der Waals surface area contributed by atoms with Gasteiger partial charge in [0.2, 0.25) is 5.78 Å². The molecule has 0 aromatic rings. The number of hydrogen-bond acceptors (Lipinski definition) is 1. The molecule has 42 valence electrons. The maximum absolute atomic E-state index is 10.1. The second-order valence-electron chi connectivity index (χ2n) is 1.33. The van der Waals surface area contributed by atoms with Gasteiger partial charge in [0, 0.05) is 6.92 Å². The Morgan fingerprint density at radius 1 is 1.62 bits per heavy atom. The van der Waals surface area contributed by atoms with Crippen LogP contribution in [0.4, 0.5) is 0 Å². The summed E-state index contributed by atoms with van der Waals surface area (Å²) in [6.07, 6.45) is 3.43. The fourth-order valence-corrected chi connectivity index (χ4v) is 0.227. The molecule has 0 N–H and O–H groups in total. The summed E-state index contributed by atoms with van der Waals surface area (Å²) in [5.74, 6) is 4.83. The van der Waals surface area contributed by atoms with E-state index in [-0.39, 0.29) is 5.78 Å². The first kappa shape index (κ1) is 6.97. The van der Waals surface area contributed by atoms with Crippen LogP contribution in [-0.4, -0.2) is 5.78 Å². The average molecular weight is 108 g/mol. The fourth-order valence-electron chi connectivity index (χ4n) is 0.227. The van der Waals surface area contributed by atoms with Crippen molar-refractivity contribution < 1.29 is 4.79 Å². The third-order valence-electron chi connectivity index (χ3n) is 0.498. The zero-order valence-electron chi connectivity index (χ0n) is 5.06. The molecule has 0 unspecified atom stereocenters. The predicted molar refractivity (Wildman–Crippen MR) is 33.3 cm³/mol. The third-order valence-corrected chi connectivity index (χ3v) is 0.498. The SMILES string of the molecule is C/C=C\C#CC(C)=O. The Morgan fingerprint density at radius 2 is 2.25 bits per heavy atom. The number of carbonyl (C=O) groups excluding carboxylic acids is 1. The molecule has 0 amide bonds. The average Bonchev–Trinajstić information content (AvgIpc) is 1.66. The van der Waals surface area contributed by atoms with Crippen molar-refractivity contribution in [1.29, 1.82) is 0 Å². The van der Waals surface area contributed by atoms with Gasteiger partial charge in [-0.1, -0.05) is 12.0 Å². The van der Waals surface area contributed by atoms with Gasteiger partial charge in [-0.05, 0) is 18.9 Å². The summed E-state index contributed by atoms with van der Waals surface area (Å²) >= 11 is 0.